The Hall–Kier alpha value is -3.07. The Labute approximate surface area is 169 Å². The molecule has 1 atom stereocenters. The monoisotopic (exact) mass is 411 g/mol. The van der Waals surface area contributed by atoms with Crippen molar-refractivity contribution in [2.75, 3.05) is 6.54 Å². The molecule has 5 rings (SSSR count). The summed E-state index contributed by atoms with van der Waals surface area (Å²) in [7, 11) is 0. The van der Waals surface area contributed by atoms with E-state index in [-0.39, 0.29) is 11.7 Å². The number of imidazole rings is 1. The zero-order valence-electron chi connectivity index (χ0n) is 15.7. The smallest absolute Gasteiger partial charge is 0.223 e. The fraction of sp³-hybridized carbons (Fsp3) is 0.300. The van der Waals surface area contributed by atoms with E-state index in [2.05, 4.69) is 20.2 Å². The van der Waals surface area contributed by atoms with E-state index in [0.29, 0.717) is 42.5 Å². The lowest BCUT2D eigenvalue weighted by molar-refractivity contribution is -0.133. The Kier molecular flexibility index (Phi) is 4.39. The van der Waals surface area contributed by atoms with E-state index in [9.17, 15) is 9.18 Å². The van der Waals surface area contributed by atoms with Crippen molar-refractivity contribution in [3.05, 3.63) is 63.6 Å². The number of H-pyrrole nitrogens is 1. The van der Waals surface area contributed by atoms with Gasteiger partial charge in [-0.05, 0) is 25.1 Å². The predicted octanol–water partition coefficient (Wildman–Crippen LogP) is 3.56. The Morgan fingerprint density at radius 3 is 3.10 bits per heavy atom. The van der Waals surface area contributed by atoms with Gasteiger partial charge in [0.25, 0.3) is 0 Å². The van der Waals surface area contributed by atoms with Gasteiger partial charge in [0.1, 0.15) is 33.2 Å². The number of hydrogen-bond acceptors (Lipinski definition) is 6. The summed E-state index contributed by atoms with van der Waals surface area (Å²) in [6, 6.07) is 5.92. The van der Waals surface area contributed by atoms with E-state index >= 15 is 0 Å². The molecule has 0 spiro atoms. The van der Waals surface area contributed by atoms with E-state index in [1.54, 1.807) is 29.4 Å². The van der Waals surface area contributed by atoms with Gasteiger partial charge >= 0.3 is 0 Å². The largest absolute Gasteiger partial charge is 0.458 e. The molecule has 0 unspecified atom stereocenters. The highest BCUT2D eigenvalue weighted by Gasteiger charge is 2.36. The molecule has 9 heteroatoms. The van der Waals surface area contributed by atoms with Crippen LogP contribution < -0.4 is 0 Å². The maximum Gasteiger partial charge on any atom is 0.223 e. The molecule has 1 aliphatic heterocycles. The molecule has 1 aliphatic rings. The van der Waals surface area contributed by atoms with Gasteiger partial charge in [0.05, 0.1) is 17.4 Å². The summed E-state index contributed by atoms with van der Waals surface area (Å²) in [5.41, 5.74) is 2.18. The maximum atomic E-state index is 14.2. The van der Waals surface area contributed by atoms with Gasteiger partial charge in [-0.15, -0.1) is 21.5 Å². The van der Waals surface area contributed by atoms with Crippen LogP contribution in [0.3, 0.4) is 0 Å². The third-order valence-electron chi connectivity index (χ3n) is 5.16. The second kappa shape index (κ2) is 7.07. The number of benzene rings is 1. The standard InChI is InChI=1S/C20H18FN5O2S/c1-11-24-25-17(29-11)5-6-18(27)26-8-7-14-19(23-10-22-14)20(26)16-9-12-13(21)3-2-4-15(12)28-16/h2-4,9-10,20H,5-8H2,1H3,(H,22,23)/t20-/m0/s1. The molecule has 4 aromatic rings. The fourth-order valence-electron chi connectivity index (χ4n) is 3.81. The third-order valence-corrected chi connectivity index (χ3v) is 6.06. The Morgan fingerprint density at radius 1 is 1.41 bits per heavy atom. The van der Waals surface area contributed by atoms with Crippen LogP contribution in [0.5, 0.6) is 0 Å². The maximum absolute atomic E-state index is 14.2. The second-order valence-corrected chi connectivity index (χ2v) is 8.29. The van der Waals surface area contributed by atoms with Crippen LogP contribution in [0, 0.1) is 12.7 Å². The normalized spacial score (nSPS) is 16.3. The van der Waals surface area contributed by atoms with Gasteiger partial charge in [-0.3, -0.25) is 4.79 Å². The summed E-state index contributed by atoms with van der Waals surface area (Å²) in [6.45, 7) is 2.43. The Balaban J connectivity index is 1.48. The van der Waals surface area contributed by atoms with Crippen molar-refractivity contribution in [1.82, 2.24) is 25.1 Å². The minimum atomic E-state index is -0.486. The number of amides is 1. The van der Waals surface area contributed by atoms with Gasteiger partial charge < -0.3 is 14.3 Å². The number of nitrogens with zero attached hydrogens (tertiary/aromatic N) is 4. The van der Waals surface area contributed by atoms with E-state index in [1.165, 1.54) is 17.4 Å². The highest BCUT2D eigenvalue weighted by molar-refractivity contribution is 7.11. The van der Waals surface area contributed by atoms with Crippen molar-refractivity contribution in [3.8, 4) is 0 Å². The molecule has 0 radical (unpaired) electrons. The van der Waals surface area contributed by atoms with Crippen LogP contribution in [0.25, 0.3) is 11.0 Å². The van der Waals surface area contributed by atoms with Crippen LogP contribution in [-0.4, -0.2) is 37.5 Å². The molecular formula is C20H18FN5O2S. The van der Waals surface area contributed by atoms with Crippen LogP contribution in [0.1, 0.15) is 39.6 Å². The number of nitrogens with one attached hydrogen (secondary N) is 1. The van der Waals surface area contributed by atoms with Gasteiger partial charge in [0.2, 0.25) is 5.91 Å². The van der Waals surface area contributed by atoms with Gasteiger partial charge in [-0.25, -0.2) is 9.37 Å². The van der Waals surface area contributed by atoms with Crippen molar-refractivity contribution in [2.24, 2.45) is 0 Å². The summed E-state index contributed by atoms with van der Waals surface area (Å²) in [5, 5.41) is 10.2. The molecule has 29 heavy (non-hydrogen) atoms. The first-order valence-electron chi connectivity index (χ1n) is 9.38. The molecule has 0 saturated heterocycles. The van der Waals surface area contributed by atoms with Crippen molar-refractivity contribution in [2.45, 2.75) is 32.2 Å². The van der Waals surface area contributed by atoms with E-state index in [0.717, 1.165) is 21.4 Å². The zero-order valence-corrected chi connectivity index (χ0v) is 16.5. The van der Waals surface area contributed by atoms with Crippen molar-refractivity contribution < 1.29 is 13.6 Å². The number of furan rings is 1. The number of hydrogen-bond donors (Lipinski definition) is 1. The number of aryl methyl sites for hydroxylation is 2. The lowest BCUT2D eigenvalue weighted by atomic mass is 9.99. The summed E-state index contributed by atoms with van der Waals surface area (Å²) in [5.74, 6) is 0.149. The highest BCUT2D eigenvalue weighted by Crippen LogP contribution is 2.37. The van der Waals surface area contributed by atoms with E-state index in [1.807, 2.05) is 6.92 Å². The number of rotatable bonds is 4. The number of fused-ring (bicyclic) bond motifs is 2. The lowest BCUT2D eigenvalue weighted by Crippen LogP contribution is -2.40. The minimum absolute atomic E-state index is 0.0163. The Bertz CT molecular complexity index is 1200. The molecule has 0 fully saturated rings. The van der Waals surface area contributed by atoms with Crippen LogP contribution in [0.4, 0.5) is 4.39 Å². The molecule has 0 aliphatic carbocycles. The predicted molar refractivity (Wildman–Crippen MR) is 105 cm³/mol. The van der Waals surface area contributed by atoms with Gasteiger partial charge in [0.15, 0.2) is 0 Å². The first-order chi connectivity index (χ1) is 14.1. The average molecular weight is 411 g/mol. The molecule has 1 amide bonds. The first-order valence-corrected chi connectivity index (χ1v) is 10.2. The van der Waals surface area contributed by atoms with Crippen LogP contribution in [0.2, 0.25) is 0 Å². The summed E-state index contributed by atoms with van der Waals surface area (Å²) in [6.07, 6.45) is 3.16. The SMILES string of the molecule is Cc1nnc(CCC(=O)N2CCc3[nH]cnc3[C@@H]2c2cc3c(F)cccc3o2)s1. The van der Waals surface area contributed by atoms with E-state index in [4.69, 9.17) is 4.42 Å². The number of carbonyl (C=O) groups is 1. The minimum Gasteiger partial charge on any atom is -0.458 e. The van der Waals surface area contributed by atoms with Crippen LogP contribution in [0.15, 0.2) is 35.0 Å². The summed E-state index contributed by atoms with van der Waals surface area (Å²) >= 11 is 1.50. The summed E-state index contributed by atoms with van der Waals surface area (Å²) in [4.78, 5) is 22.5. The number of carbonyl (C=O) groups excluding carboxylic acids is 1. The molecule has 0 saturated carbocycles. The fourth-order valence-corrected chi connectivity index (χ4v) is 4.52. The van der Waals surface area contributed by atoms with Crippen LogP contribution in [-0.2, 0) is 17.6 Å². The van der Waals surface area contributed by atoms with Gasteiger partial charge in [0, 0.05) is 31.5 Å². The molecule has 4 heterocycles. The lowest BCUT2D eigenvalue weighted by Gasteiger charge is -2.33. The molecule has 1 N–H and O–H groups in total. The van der Waals surface area contributed by atoms with Gasteiger partial charge in [-0.2, -0.15) is 0 Å². The quantitative estimate of drug-likeness (QED) is 0.555. The molecular weight excluding hydrogens is 393 g/mol. The number of halogens is 1. The van der Waals surface area contributed by atoms with Crippen molar-refractivity contribution in [1.29, 1.82) is 0 Å². The Morgan fingerprint density at radius 2 is 2.31 bits per heavy atom. The highest BCUT2D eigenvalue weighted by atomic mass is 32.1. The topological polar surface area (TPSA) is 87.9 Å². The molecule has 148 valence electrons. The van der Waals surface area contributed by atoms with Crippen molar-refractivity contribution >= 4 is 28.2 Å². The number of aromatic nitrogens is 4. The zero-order chi connectivity index (χ0) is 20.0. The number of aromatic amines is 1. The summed E-state index contributed by atoms with van der Waals surface area (Å²) < 4.78 is 20.1. The first kappa shape index (κ1) is 18.0. The van der Waals surface area contributed by atoms with E-state index < -0.39 is 6.04 Å². The third kappa shape index (κ3) is 3.21. The molecule has 1 aromatic carbocycles. The van der Waals surface area contributed by atoms with Gasteiger partial charge in [-0.1, -0.05) is 6.07 Å². The second-order valence-electron chi connectivity index (χ2n) is 7.02. The molecule has 7 nitrogen and oxygen atoms in total. The van der Waals surface area contributed by atoms with Crippen LogP contribution >= 0.6 is 11.3 Å². The average Bonchev–Trinajstić information content (AvgIpc) is 3.44. The molecule has 3 aromatic heterocycles. The molecule has 0 bridgehead atoms. The van der Waals surface area contributed by atoms with Crippen molar-refractivity contribution in [3.63, 3.8) is 0 Å².